The summed E-state index contributed by atoms with van der Waals surface area (Å²) in [7, 11) is -2.38. The van der Waals surface area contributed by atoms with Gasteiger partial charge in [0, 0.05) is 0 Å². The number of hydrogen-bond acceptors (Lipinski definition) is 3. The average molecular weight is 360 g/mol. The fraction of sp³-hybridized carbons (Fsp3) is 0.273. The van der Waals surface area contributed by atoms with Crippen LogP contribution in [0.4, 0.5) is 0 Å². The zero-order valence-corrected chi connectivity index (χ0v) is 15.8. The number of fused-ring (bicyclic) bond motifs is 5. The molecule has 0 radical (unpaired) electrons. The molecule has 26 heavy (non-hydrogen) atoms. The van der Waals surface area contributed by atoms with Crippen LogP contribution in [0.15, 0.2) is 71.8 Å². The molecule has 5 rings (SSSR count). The molecule has 3 nitrogen and oxygen atoms in total. The van der Waals surface area contributed by atoms with Gasteiger partial charge in [0.15, 0.2) is 0 Å². The van der Waals surface area contributed by atoms with Crippen molar-refractivity contribution in [1.29, 1.82) is 0 Å². The maximum absolute atomic E-state index is 12.6. The number of carbonyl (C=O) groups excluding carboxylic acids is 2. The Morgan fingerprint density at radius 2 is 1.08 bits per heavy atom. The lowest BCUT2D eigenvalue weighted by molar-refractivity contribution is -0.153. The van der Waals surface area contributed by atoms with Gasteiger partial charge in [-0.1, -0.05) is 82.2 Å². The normalized spacial score (nSPS) is 31.3. The first-order chi connectivity index (χ1) is 12.6. The van der Waals surface area contributed by atoms with Crippen LogP contribution in [-0.2, 0) is 14.3 Å². The highest BCUT2D eigenvalue weighted by Crippen LogP contribution is 2.67. The van der Waals surface area contributed by atoms with E-state index in [1.165, 1.54) is 21.5 Å². The molecule has 2 saturated heterocycles. The molecule has 0 aliphatic carbocycles. The van der Waals surface area contributed by atoms with Crippen LogP contribution in [0.3, 0.4) is 0 Å². The van der Waals surface area contributed by atoms with Crippen molar-refractivity contribution in [2.75, 3.05) is 0 Å². The van der Waals surface area contributed by atoms with Gasteiger partial charge in [0.05, 0.1) is 11.8 Å². The molecule has 0 spiro atoms. The average Bonchev–Trinajstić information content (AvgIpc) is 3.22. The lowest BCUT2D eigenvalue weighted by atomic mass is 9.78. The van der Waals surface area contributed by atoms with Crippen molar-refractivity contribution in [1.82, 2.24) is 0 Å². The minimum absolute atomic E-state index is 0.0984. The summed E-state index contributed by atoms with van der Waals surface area (Å²) in [6, 6.07) is 21.1. The second-order valence-electron chi connectivity index (χ2n) is 7.71. The number of benzene rings is 2. The van der Waals surface area contributed by atoms with Crippen molar-refractivity contribution in [3.05, 3.63) is 71.8 Å². The van der Waals surface area contributed by atoms with Gasteiger partial charge in [0.25, 0.3) is 0 Å². The maximum Gasteiger partial charge on any atom is 0.317 e. The van der Waals surface area contributed by atoms with Crippen LogP contribution in [0, 0.1) is 11.8 Å². The minimum Gasteiger partial charge on any atom is -0.393 e. The highest BCUT2D eigenvalue weighted by atomic mass is 28.3. The van der Waals surface area contributed by atoms with Gasteiger partial charge in [-0.15, -0.1) is 0 Å². The Labute approximate surface area is 153 Å². The van der Waals surface area contributed by atoms with E-state index < -0.39 is 8.07 Å². The zero-order chi connectivity index (χ0) is 18.1. The summed E-state index contributed by atoms with van der Waals surface area (Å²) in [4.78, 5) is 25.2. The van der Waals surface area contributed by atoms with E-state index in [4.69, 9.17) is 4.74 Å². The van der Waals surface area contributed by atoms with Crippen LogP contribution >= 0.6 is 0 Å². The van der Waals surface area contributed by atoms with Crippen LogP contribution in [-0.4, -0.2) is 20.0 Å². The SMILES string of the molecule is CC1=C(C)[C@H]2[C@H]3C(=O)OC(=O)[C@H]3[C@@H]1[Si]2(c1ccccc1)c1ccccc1. The number of carbonyl (C=O) groups is 2. The van der Waals surface area contributed by atoms with E-state index in [1.54, 1.807) is 0 Å². The van der Waals surface area contributed by atoms with Crippen LogP contribution in [0.2, 0.25) is 11.1 Å². The summed E-state index contributed by atoms with van der Waals surface area (Å²) in [5.74, 6) is -1.27. The third-order valence-electron chi connectivity index (χ3n) is 6.89. The molecule has 3 heterocycles. The second kappa shape index (κ2) is 5.27. The molecule has 3 aliphatic heterocycles. The highest BCUT2D eigenvalue weighted by Gasteiger charge is 2.74. The topological polar surface area (TPSA) is 43.4 Å². The molecule has 0 unspecified atom stereocenters. The summed E-state index contributed by atoms with van der Waals surface area (Å²) in [5.41, 5.74) is 2.78. The molecule has 2 aromatic rings. The monoisotopic (exact) mass is 360 g/mol. The molecular weight excluding hydrogens is 340 g/mol. The van der Waals surface area contributed by atoms with E-state index in [0.717, 1.165) is 0 Å². The number of ether oxygens (including phenoxy) is 1. The Morgan fingerprint density at radius 3 is 1.46 bits per heavy atom. The van der Waals surface area contributed by atoms with Crippen molar-refractivity contribution in [2.45, 2.75) is 24.9 Å². The van der Waals surface area contributed by atoms with Gasteiger partial charge in [-0.25, -0.2) is 0 Å². The standard InChI is InChI=1S/C22H20O3Si/c1-13-14(2)20-18-17(21(23)25-22(18)24)19(13)26(20,15-9-5-3-6-10-15)16-11-7-4-8-12-16/h3-12,17-20H,1-2H3/t17-,18+,19-,20+. The van der Waals surface area contributed by atoms with Crippen LogP contribution < -0.4 is 10.4 Å². The molecule has 130 valence electrons. The van der Waals surface area contributed by atoms with E-state index >= 15 is 0 Å². The first kappa shape index (κ1) is 15.8. The number of esters is 2. The maximum atomic E-state index is 12.6. The lowest BCUT2D eigenvalue weighted by Crippen LogP contribution is -2.61. The third kappa shape index (κ3) is 1.68. The Kier molecular flexibility index (Phi) is 3.20. The van der Waals surface area contributed by atoms with Crippen molar-refractivity contribution >= 4 is 30.4 Å². The van der Waals surface area contributed by atoms with E-state index in [0.29, 0.717) is 0 Å². The number of rotatable bonds is 2. The van der Waals surface area contributed by atoms with Gasteiger partial charge in [-0.3, -0.25) is 9.59 Å². The van der Waals surface area contributed by atoms with Gasteiger partial charge in [0.1, 0.15) is 8.07 Å². The predicted molar refractivity (Wildman–Crippen MR) is 102 cm³/mol. The van der Waals surface area contributed by atoms with Gasteiger partial charge in [-0.05, 0) is 24.9 Å². The largest absolute Gasteiger partial charge is 0.393 e. The molecule has 0 N–H and O–H groups in total. The Hall–Kier alpha value is -2.46. The van der Waals surface area contributed by atoms with Crippen molar-refractivity contribution < 1.29 is 14.3 Å². The van der Waals surface area contributed by atoms with E-state index in [1.807, 2.05) is 12.1 Å². The van der Waals surface area contributed by atoms with Crippen LogP contribution in [0.25, 0.3) is 0 Å². The van der Waals surface area contributed by atoms with Gasteiger partial charge in [-0.2, -0.15) is 0 Å². The summed E-state index contributed by atoms with van der Waals surface area (Å²) in [6.07, 6.45) is 0. The summed E-state index contributed by atoms with van der Waals surface area (Å²) >= 11 is 0. The first-order valence-corrected chi connectivity index (χ1v) is 11.3. The zero-order valence-electron chi connectivity index (χ0n) is 14.8. The molecule has 4 heteroatoms. The summed E-state index contributed by atoms with van der Waals surface area (Å²) in [5, 5.41) is 2.62. The first-order valence-electron chi connectivity index (χ1n) is 9.12. The van der Waals surface area contributed by atoms with Crippen molar-refractivity contribution in [3.63, 3.8) is 0 Å². The Morgan fingerprint density at radius 1 is 0.692 bits per heavy atom. The fourth-order valence-electron chi connectivity index (χ4n) is 6.00. The molecule has 2 bridgehead atoms. The summed E-state index contributed by atoms with van der Waals surface area (Å²) < 4.78 is 5.09. The van der Waals surface area contributed by atoms with Gasteiger partial charge in [0.2, 0.25) is 0 Å². The number of allylic oxidation sites excluding steroid dienone is 2. The predicted octanol–water partition coefficient (Wildman–Crippen LogP) is 2.67. The minimum atomic E-state index is -2.38. The van der Waals surface area contributed by atoms with Gasteiger partial charge >= 0.3 is 11.9 Å². The molecule has 4 atom stereocenters. The van der Waals surface area contributed by atoms with E-state index in [2.05, 4.69) is 62.4 Å². The van der Waals surface area contributed by atoms with E-state index in [-0.39, 0.29) is 34.9 Å². The number of cyclic esters (lactones) is 2. The molecular formula is C22H20O3Si. The Bertz CT molecular complexity index is 870. The molecule has 0 saturated carbocycles. The quantitative estimate of drug-likeness (QED) is 0.358. The highest BCUT2D eigenvalue weighted by molar-refractivity contribution is 7.06. The van der Waals surface area contributed by atoms with Crippen LogP contribution in [0.5, 0.6) is 0 Å². The fourth-order valence-corrected chi connectivity index (χ4v) is 13.3. The lowest BCUT2D eigenvalue weighted by Gasteiger charge is -2.36. The summed E-state index contributed by atoms with van der Waals surface area (Å²) in [6.45, 7) is 4.31. The number of hydrogen-bond donors (Lipinski definition) is 0. The van der Waals surface area contributed by atoms with Gasteiger partial charge < -0.3 is 4.74 Å². The Balaban J connectivity index is 1.85. The molecule has 0 aromatic heterocycles. The van der Waals surface area contributed by atoms with E-state index in [9.17, 15) is 9.59 Å². The molecule has 2 aromatic carbocycles. The molecule has 2 fully saturated rings. The molecule has 3 aliphatic rings. The van der Waals surface area contributed by atoms with Crippen LogP contribution in [0.1, 0.15) is 13.8 Å². The second-order valence-corrected chi connectivity index (χ2v) is 11.9. The van der Waals surface area contributed by atoms with Crippen molar-refractivity contribution in [2.24, 2.45) is 11.8 Å². The molecule has 0 amide bonds. The van der Waals surface area contributed by atoms with Crippen molar-refractivity contribution in [3.8, 4) is 0 Å². The smallest absolute Gasteiger partial charge is 0.317 e. The third-order valence-corrected chi connectivity index (χ3v) is 13.0.